The van der Waals surface area contributed by atoms with Gasteiger partial charge in [-0.2, -0.15) is 0 Å². The molecule has 178 valence electrons. The first-order valence-electron chi connectivity index (χ1n) is 12.1. The molecule has 5 heteroatoms. The van der Waals surface area contributed by atoms with Gasteiger partial charge in [0.05, 0.1) is 0 Å². The van der Waals surface area contributed by atoms with Crippen LogP contribution in [0.4, 0.5) is 0 Å². The number of primary amides is 1. The van der Waals surface area contributed by atoms with E-state index in [4.69, 9.17) is 10.6 Å². The summed E-state index contributed by atoms with van der Waals surface area (Å²) in [5.41, 5.74) is 7.84. The largest absolute Gasteiger partial charge is 0.370 e. The van der Waals surface area contributed by atoms with Crippen LogP contribution < -0.4 is 5.73 Å². The first-order valence-corrected chi connectivity index (χ1v) is 12.1. The minimum atomic E-state index is -0.387. The Morgan fingerprint density at radius 3 is 2.30 bits per heavy atom. The fraction of sp³-hybridized carbons (Fsp3) is 0.429. The minimum Gasteiger partial charge on any atom is -0.370 e. The molecule has 5 nitrogen and oxygen atoms in total. The van der Waals surface area contributed by atoms with Crippen LogP contribution in [0.25, 0.3) is 6.08 Å². The molecule has 33 heavy (non-hydrogen) atoms. The third-order valence-corrected chi connectivity index (χ3v) is 5.43. The molecule has 0 heterocycles. The number of nitrogens with two attached hydrogens (primary N) is 1. The number of benzene rings is 2. The Kier molecular flexibility index (Phi) is 12.6. The molecule has 0 fully saturated rings. The summed E-state index contributed by atoms with van der Waals surface area (Å²) < 4.78 is 0. The average molecular weight is 451 g/mol. The van der Waals surface area contributed by atoms with E-state index in [1.54, 1.807) is 0 Å². The maximum atomic E-state index is 13.0. The van der Waals surface area contributed by atoms with Crippen LogP contribution in [0.5, 0.6) is 0 Å². The van der Waals surface area contributed by atoms with Crippen LogP contribution in [-0.2, 0) is 16.2 Å². The van der Waals surface area contributed by atoms with Crippen molar-refractivity contribution in [1.82, 2.24) is 5.06 Å². The lowest BCUT2D eigenvalue weighted by Crippen LogP contribution is -2.32. The summed E-state index contributed by atoms with van der Waals surface area (Å²) in [6, 6.07) is 17.2. The van der Waals surface area contributed by atoms with Crippen LogP contribution in [0.3, 0.4) is 0 Å². The molecule has 0 aliphatic carbocycles. The summed E-state index contributed by atoms with van der Waals surface area (Å²) in [7, 11) is 0. The van der Waals surface area contributed by atoms with Crippen molar-refractivity contribution in [2.75, 3.05) is 6.54 Å². The number of hydroxylamine groups is 2. The Labute approximate surface area is 198 Å². The topological polar surface area (TPSA) is 72.6 Å². The van der Waals surface area contributed by atoms with Crippen LogP contribution in [0.2, 0.25) is 0 Å². The number of rotatable bonds is 16. The normalized spacial score (nSPS) is 11.1. The van der Waals surface area contributed by atoms with Crippen molar-refractivity contribution in [3.05, 3.63) is 77.4 Å². The van der Waals surface area contributed by atoms with Gasteiger partial charge in [-0.1, -0.05) is 93.6 Å². The number of allylic oxidation sites excluding steroid dienone is 1. The summed E-state index contributed by atoms with van der Waals surface area (Å²) in [6.45, 7) is 2.82. The molecule has 0 unspecified atom stereocenters. The van der Waals surface area contributed by atoms with Gasteiger partial charge in [-0.3, -0.25) is 14.4 Å². The Morgan fingerprint density at radius 2 is 1.61 bits per heavy atom. The molecular weight excluding hydrogens is 412 g/mol. The first-order chi connectivity index (χ1) is 16.1. The lowest BCUT2D eigenvalue weighted by Gasteiger charge is -2.22. The SMILES string of the molecule is CCCCCCCCC=Cc1ccc(C(=O)N(CCCC(N)=O)OCc2ccccc2)cc1. The van der Waals surface area contributed by atoms with Gasteiger partial charge in [0.1, 0.15) is 6.61 Å². The second-order valence-electron chi connectivity index (χ2n) is 8.32. The first kappa shape index (κ1) is 26.3. The van der Waals surface area contributed by atoms with Crippen molar-refractivity contribution in [1.29, 1.82) is 0 Å². The van der Waals surface area contributed by atoms with Gasteiger partial charge in [0.15, 0.2) is 0 Å². The highest BCUT2D eigenvalue weighted by molar-refractivity contribution is 5.93. The average Bonchev–Trinajstić information content (AvgIpc) is 2.83. The maximum absolute atomic E-state index is 13.0. The fourth-order valence-corrected chi connectivity index (χ4v) is 3.49. The highest BCUT2D eigenvalue weighted by Crippen LogP contribution is 2.13. The number of hydrogen-bond donors (Lipinski definition) is 1. The second kappa shape index (κ2) is 15.8. The van der Waals surface area contributed by atoms with Crippen LogP contribution >= 0.6 is 0 Å². The molecule has 0 spiro atoms. The maximum Gasteiger partial charge on any atom is 0.277 e. The summed E-state index contributed by atoms with van der Waals surface area (Å²) in [6.07, 6.45) is 13.8. The third-order valence-electron chi connectivity index (χ3n) is 5.43. The van der Waals surface area contributed by atoms with Crippen molar-refractivity contribution in [2.24, 2.45) is 5.73 Å². The predicted octanol–water partition coefficient (Wildman–Crippen LogP) is 6.29. The molecule has 2 amide bonds. The van der Waals surface area contributed by atoms with Crippen molar-refractivity contribution in [2.45, 2.75) is 71.3 Å². The van der Waals surface area contributed by atoms with E-state index in [0.717, 1.165) is 17.5 Å². The molecule has 2 N–H and O–H groups in total. The number of carbonyl (C=O) groups excluding carboxylic acids is 2. The van der Waals surface area contributed by atoms with E-state index in [0.29, 0.717) is 18.5 Å². The molecule has 0 aromatic heterocycles. The van der Waals surface area contributed by atoms with Gasteiger partial charge in [0.25, 0.3) is 5.91 Å². The smallest absolute Gasteiger partial charge is 0.277 e. The number of hydrogen-bond acceptors (Lipinski definition) is 3. The summed E-state index contributed by atoms with van der Waals surface area (Å²) >= 11 is 0. The zero-order valence-corrected chi connectivity index (χ0v) is 19.9. The van der Waals surface area contributed by atoms with Gasteiger partial charge >= 0.3 is 0 Å². The van der Waals surface area contributed by atoms with Crippen LogP contribution in [0, 0.1) is 0 Å². The zero-order chi connectivity index (χ0) is 23.7. The van der Waals surface area contributed by atoms with Crippen molar-refractivity contribution >= 4 is 17.9 Å². The van der Waals surface area contributed by atoms with Gasteiger partial charge in [-0.15, -0.1) is 0 Å². The Balaban J connectivity index is 1.88. The highest BCUT2D eigenvalue weighted by Gasteiger charge is 2.17. The number of amides is 2. The van der Waals surface area contributed by atoms with Gasteiger partial charge < -0.3 is 5.73 Å². The third kappa shape index (κ3) is 11.0. The van der Waals surface area contributed by atoms with Crippen molar-refractivity contribution in [3.63, 3.8) is 0 Å². The molecule has 2 aromatic rings. The van der Waals surface area contributed by atoms with Gasteiger partial charge in [0, 0.05) is 18.5 Å². The predicted molar refractivity (Wildman–Crippen MR) is 134 cm³/mol. The number of carbonyl (C=O) groups is 2. The van der Waals surface area contributed by atoms with E-state index in [-0.39, 0.29) is 24.8 Å². The zero-order valence-electron chi connectivity index (χ0n) is 19.9. The Hall–Kier alpha value is -2.92. The van der Waals surface area contributed by atoms with E-state index in [1.807, 2.05) is 54.6 Å². The monoisotopic (exact) mass is 450 g/mol. The number of unbranched alkanes of at least 4 members (excludes halogenated alkanes) is 6. The molecule has 0 aliphatic rings. The molecular formula is C28H38N2O3. The van der Waals surface area contributed by atoms with Crippen LogP contribution in [-0.4, -0.2) is 23.4 Å². The Morgan fingerprint density at radius 1 is 0.909 bits per heavy atom. The molecule has 0 atom stereocenters. The van der Waals surface area contributed by atoms with E-state index in [1.165, 1.54) is 43.6 Å². The fourth-order valence-electron chi connectivity index (χ4n) is 3.49. The lowest BCUT2D eigenvalue weighted by atomic mass is 10.1. The molecule has 2 rings (SSSR count). The van der Waals surface area contributed by atoms with E-state index in [9.17, 15) is 9.59 Å². The molecule has 0 bridgehead atoms. The molecule has 0 radical (unpaired) electrons. The van der Waals surface area contributed by atoms with Crippen molar-refractivity contribution < 1.29 is 14.4 Å². The summed E-state index contributed by atoms with van der Waals surface area (Å²) in [5, 5.41) is 1.33. The molecule has 0 aliphatic heterocycles. The Bertz CT molecular complexity index is 847. The summed E-state index contributed by atoms with van der Waals surface area (Å²) in [4.78, 5) is 29.9. The molecule has 0 saturated heterocycles. The number of nitrogens with zero attached hydrogens (tertiary/aromatic N) is 1. The van der Waals surface area contributed by atoms with Gasteiger partial charge in [0.2, 0.25) is 5.91 Å². The van der Waals surface area contributed by atoms with Crippen molar-refractivity contribution in [3.8, 4) is 0 Å². The van der Waals surface area contributed by atoms with Gasteiger partial charge in [-0.05, 0) is 42.5 Å². The van der Waals surface area contributed by atoms with Crippen LogP contribution in [0.15, 0.2) is 60.7 Å². The second-order valence-corrected chi connectivity index (χ2v) is 8.32. The van der Waals surface area contributed by atoms with Gasteiger partial charge in [-0.25, -0.2) is 5.06 Å². The quantitative estimate of drug-likeness (QED) is 0.241. The molecule has 2 aromatic carbocycles. The van der Waals surface area contributed by atoms with Crippen LogP contribution in [0.1, 0.15) is 86.2 Å². The standard InChI is InChI=1S/C28H38N2O3/c1-2-3-4-5-6-7-8-10-14-24-18-20-26(21-19-24)28(32)30(22-13-17-27(29)31)33-23-25-15-11-9-12-16-25/h9-12,14-16,18-21H,2-8,13,17,22-23H2,1H3,(H2,29,31). The van der Waals surface area contributed by atoms with E-state index in [2.05, 4.69) is 19.1 Å². The lowest BCUT2D eigenvalue weighted by molar-refractivity contribution is -0.135. The highest BCUT2D eigenvalue weighted by atomic mass is 16.7. The molecule has 0 saturated carbocycles. The van der Waals surface area contributed by atoms with E-state index < -0.39 is 0 Å². The summed E-state index contributed by atoms with van der Waals surface area (Å²) in [5.74, 6) is -0.611. The minimum absolute atomic E-state index is 0.209. The van der Waals surface area contributed by atoms with E-state index >= 15 is 0 Å².